The normalized spacial score (nSPS) is 13.3. The second-order valence-electron chi connectivity index (χ2n) is 5.67. The Kier molecular flexibility index (Phi) is 6.25. The number of hydrogen-bond donors (Lipinski definition) is 1. The lowest BCUT2D eigenvalue weighted by molar-refractivity contribution is -0.0163. The average molecular weight is 266 g/mol. The molecule has 108 valence electrons. The number of hydrogen-bond acceptors (Lipinski definition) is 4. The van der Waals surface area contributed by atoms with Gasteiger partial charge in [0, 0.05) is 18.2 Å². The lowest BCUT2D eigenvalue weighted by Crippen LogP contribution is -2.22. The first-order valence-electron chi connectivity index (χ1n) is 6.88. The predicted octanol–water partition coefficient (Wildman–Crippen LogP) is 2.56. The van der Waals surface area contributed by atoms with Gasteiger partial charge in [0.1, 0.15) is 12.4 Å². The van der Waals surface area contributed by atoms with Crippen molar-refractivity contribution in [1.82, 2.24) is 4.98 Å². The van der Waals surface area contributed by atoms with Gasteiger partial charge in [-0.1, -0.05) is 6.92 Å². The van der Waals surface area contributed by atoms with E-state index in [2.05, 4.69) is 11.9 Å². The van der Waals surface area contributed by atoms with Gasteiger partial charge in [-0.3, -0.25) is 4.98 Å². The van der Waals surface area contributed by atoms with Gasteiger partial charge in [0.2, 0.25) is 0 Å². The van der Waals surface area contributed by atoms with E-state index in [9.17, 15) is 0 Å². The number of nitrogens with two attached hydrogens (primary N) is 1. The molecule has 0 amide bonds. The van der Waals surface area contributed by atoms with E-state index in [4.69, 9.17) is 15.2 Å². The van der Waals surface area contributed by atoms with Crippen molar-refractivity contribution < 1.29 is 9.47 Å². The fourth-order valence-corrected chi connectivity index (χ4v) is 1.54. The van der Waals surface area contributed by atoms with Crippen molar-refractivity contribution in [1.29, 1.82) is 0 Å². The zero-order chi connectivity index (χ0) is 14.3. The molecule has 0 radical (unpaired) electrons. The first-order chi connectivity index (χ1) is 8.90. The third-order valence-electron chi connectivity index (χ3n) is 2.68. The minimum absolute atomic E-state index is 0.123. The molecule has 4 heteroatoms. The highest BCUT2D eigenvalue weighted by atomic mass is 16.5. The smallest absolute Gasteiger partial charge is 0.137 e. The van der Waals surface area contributed by atoms with E-state index in [-0.39, 0.29) is 11.6 Å². The summed E-state index contributed by atoms with van der Waals surface area (Å²) in [6.07, 6.45) is 3.52. The lowest BCUT2D eigenvalue weighted by Gasteiger charge is -2.19. The van der Waals surface area contributed by atoms with Crippen molar-refractivity contribution >= 4 is 0 Å². The van der Waals surface area contributed by atoms with E-state index in [1.165, 1.54) is 0 Å². The Morgan fingerprint density at radius 3 is 2.53 bits per heavy atom. The van der Waals surface area contributed by atoms with Crippen LogP contribution in [0.25, 0.3) is 0 Å². The molecule has 19 heavy (non-hydrogen) atoms. The molecule has 0 saturated heterocycles. The number of nitrogens with zero attached hydrogens (tertiary/aromatic N) is 1. The molecular weight excluding hydrogens is 240 g/mol. The maximum Gasteiger partial charge on any atom is 0.137 e. The highest BCUT2D eigenvalue weighted by Gasteiger charge is 2.09. The van der Waals surface area contributed by atoms with Gasteiger partial charge < -0.3 is 15.2 Å². The third kappa shape index (κ3) is 7.13. The number of aromatic nitrogens is 1. The summed E-state index contributed by atoms with van der Waals surface area (Å²) in [5.41, 5.74) is 6.78. The molecule has 1 atom stereocenters. The number of pyridine rings is 1. The van der Waals surface area contributed by atoms with Gasteiger partial charge in [0.05, 0.1) is 18.4 Å². The molecule has 0 aromatic carbocycles. The fraction of sp³-hybridized carbons (Fsp3) is 0.667. The van der Waals surface area contributed by atoms with Gasteiger partial charge >= 0.3 is 0 Å². The summed E-state index contributed by atoms with van der Waals surface area (Å²) in [4.78, 5) is 4.35. The summed E-state index contributed by atoms with van der Waals surface area (Å²) >= 11 is 0. The average Bonchev–Trinajstić information content (AvgIpc) is 2.35. The topological polar surface area (TPSA) is 57.4 Å². The summed E-state index contributed by atoms with van der Waals surface area (Å²) < 4.78 is 11.1. The van der Waals surface area contributed by atoms with Crippen LogP contribution in [0.1, 0.15) is 39.8 Å². The van der Waals surface area contributed by atoms with Crippen LogP contribution in [0.5, 0.6) is 5.75 Å². The summed E-state index contributed by atoms with van der Waals surface area (Å²) in [6.45, 7) is 9.27. The highest BCUT2D eigenvalue weighted by molar-refractivity contribution is 5.20. The summed E-state index contributed by atoms with van der Waals surface area (Å²) in [5, 5.41) is 0. The van der Waals surface area contributed by atoms with Gasteiger partial charge in [-0.15, -0.1) is 0 Å². The molecule has 4 nitrogen and oxygen atoms in total. The Morgan fingerprint density at radius 2 is 2.00 bits per heavy atom. The largest absolute Gasteiger partial charge is 0.490 e. The van der Waals surface area contributed by atoms with E-state index < -0.39 is 0 Å². The zero-order valence-corrected chi connectivity index (χ0v) is 12.5. The van der Waals surface area contributed by atoms with E-state index in [0.717, 1.165) is 24.3 Å². The van der Waals surface area contributed by atoms with Crippen molar-refractivity contribution in [2.45, 2.75) is 52.2 Å². The van der Waals surface area contributed by atoms with Crippen molar-refractivity contribution in [3.05, 3.63) is 24.0 Å². The van der Waals surface area contributed by atoms with Crippen LogP contribution in [0.4, 0.5) is 0 Å². The minimum Gasteiger partial charge on any atom is -0.490 e. The molecule has 0 fully saturated rings. The Hall–Kier alpha value is -1.13. The molecule has 1 unspecified atom stereocenters. The first-order valence-corrected chi connectivity index (χ1v) is 6.88. The molecule has 1 aromatic heterocycles. The van der Waals surface area contributed by atoms with Crippen LogP contribution in [0.2, 0.25) is 0 Å². The van der Waals surface area contributed by atoms with Crippen LogP contribution in [-0.2, 0) is 11.2 Å². The van der Waals surface area contributed by atoms with Gasteiger partial charge in [-0.2, -0.15) is 0 Å². The van der Waals surface area contributed by atoms with Crippen molar-refractivity contribution in [3.63, 3.8) is 0 Å². The molecule has 1 heterocycles. The van der Waals surface area contributed by atoms with Gasteiger partial charge in [0.15, 0.2) is 0 Å². The second kappa shape index (κ2) is 7.46. The molecule has 0 spiro atoms. The summed E-state index contributed by atoms with van der Waals surface area (Å²) in [6, 6.07) is 4.08. The molecule has 2 N–H and O–H groups in total. The molecule has 0 aliphatic carbocycles. The number of ether oxygens (including phenoxy) is 2. The van der Waals surface area contributed by atoms with Crippen LogP contribution in [0.15, 0.2) is 18.3 Å². The molecule has 0 saturated carbocycles. The van der Waals surface area contributed by atoms with Gasteiger partial charge in [-0.25, -0.2) is 0 Å². The summed E-state index contributed by atoms with van der Waals surface area (Å²) in [7, 11) is 0. The van der Waals surface area contributed by atoms with Crippen LogP contribution in [-0.4, -0.2) is 29.8 Å². The fourth-order valence-electron chi connectivity index (χ4n) is 1.54. The Labute approximate surface area is 116 Å². The highest BCUT2D eigenvalue weighted by Crippen LogP contribution is 2.11. The Morgan fingerprint density at radius 1 is 1.26 bits per heavy atom. The SMILES string of the molecule is CCC(N)Cc1ccc(OCCOC(C)(C)C)cn1. The summed E-state index contributed by atoms with van der Waals surface area (Å²) in [5.74, 6) is 0.770. The van der Waals surface area contributed by atoms with Crippen LogP contribution in [0, 0.1) is 0 Å². The zero-order valence-electron chi connectivity index (χ0n) is 12.5. The molecular formula is C15H26N2O2. The van der Waals surface area contributed by atoms with Crippen molar-refractivity contribution in [3.8, 4) is 5.75 Å². The maximum atomic E-state index is 5.89. The van der Waals surface area contributed by atoms with E-state index >= 15 is 0 Å². The van der Waals surface area contributed by atoms with Crippen LogP contribution in [0.3, 0.4) is 0 Å². The van der Waals surface area contributed by atoms with E-state index in [1.807, 2.05) is 32.9 Å². The van der Waals surface area contributed by atoms with Crippen LogP contribution >= 0.6 is 0 Å². The third-order valence-corrected chi connectivity index (χ3v) is 2.68. The molecule has 0 bridgehead atoms. The van der Waals surface area contributed by atoms with Crippen molar-refractivity contribution in [2.75, 3.05) is 13.2 Å². The quantitative estimate of drug-likeness (QED) is 0.771. The van der Waals surface area contributed by atoms with E-state index in [1.54, 1.807) is 6.20 Å². The monoisotopic (exact) mass is 266 g/mol. The van der Waals surface area contributed by atoms with Gasteiger partial charge in [-0.05, 0) is 39.3 Å². The Balaban J connectivity index is 2.32. The molecule has 1 rings (SSSR count). The maximum absolute atomic E-state index is 5.89. The lowest BCUT2D eigenvalue weighted by atomic mass is 10.1. The molecule has 1 aromatic rings. The second-order valence-corrected chi connectivity index (χ2v) is 5.67. The minimum atomic E-state index is -0.123. The van der Waals surface area contributed by atoms with E-state index in [0.29, 0.717) is 13.2 Å². The number of rotatable bonds is 7. The van der Waals surface area contributed by atoms with Crippen LogP contribution < -0.4 is 10.5 Å². The first kappa shape index (κ1) is 15.9. The van der Waals surface area contributed by atoms with Crippen molar-refractivity contribution in [2.24, 2.45) is 5.73 Å². The Bertz CT molecular complexity index is 357. The molecule has 0 aliphatic rings. The predicted molar refractivity (Wildman–Crippen MR) is 77.4 cm³/mol. The standard InChI is InChI=1S/C15H26N2O2/c1-5-12(16)10-13-6-7-14(11-17-13)18-8-9-19-15(2,3)4/h6-7,11-12H,5,8-10,16H2,1-4H3. The van der Waals surface area contributed by atoms with Gasteiger partial charge in [0.25, 0.3) is 0 Å². The molecule has 0 aliphatic heterocycles.